The van der Waals surface area contributed by atoms with Gasteiger partial charge in [-0.25, -0.2) is 12.8 Å². The minimum absolute atomic E-state index is 0.0587. The van der Waals surface area contributed by atoms with Crippen LogP contribution in [-0.2, 0) is 10.0 Å². The van der Waals surface area contributed by atoms with E-state index in [1.807, 2.05) is 0 Å². The molecule has 0 radical (unpaired) electrons. The van der Waals surface area contributed by atoms with E-state index in [4.69, 9.17) is 0 Å². The lowest BCUT2D eigenvalue weighted by Gasteiger charge is -2.23. The minimum atomic E-state index is -3.71. The first kappa shape index (κ1) is 14.5. The molecule has 0 spiro atoms. The summed E-state index contributed by atoms with van der Waals surface area (Å²) in [5.41, 5.74) is 0. The van der Waals surface area contributed by atoms with Crippen LogP contribution in [0, 0.1) is 11.7 Å². The lowest BCUT2D eigenvalue weighted by molar-refractivity contribution is 0.371. The van der Waals surface area contributed by atoms with Crippen molar-refractivity contribution in [3.8, 4) is 0 Å². The standard InChI is InChI=1S/C14H20FNO2S/c1-11(2)9-10-16(12-7-8-12)19(17,18)14-6-4-3-5-13(14)15/h3-6,11-12H,7-10H2,1-2H3. The molecule has 0 amide bonds. The minimum Gasteiger partial charge on any atom is -0.207 e. The summed E-state index contributed by atoms with van der Waals surface area (Å²) in [4.78, 5) is -0.203. The molecular formula is C14H20FNO2S. The van der Waals surface area contributed by atoms with Crippen LogP contribution in [-0.4, -0.2) is 25.3 Å². The molecule has 0 unspecified atom stereocenters. The summed E-state index contributed by atoms with van der Waals surface area (Å²) < 4.78 is 40.3. The average Bonchev–Trinajstić information content (AvgIpc) is 3.13. The largest absolute Gasteiger partial charge is 0.246 e. The van der Waals surface area contributed by atoms with Crippen LogP contribution < -0.4 is 0 Å². The van der Waals surface area contributed by atoms with Gasteiger partial charge in [0.05, 0.1) is 0 Å². The Kier molecular flexibility index (Phi) is 4.26. The molecule has 2 rings (SSSR count). The molecule has 0 saturated heterocycles. The zero-order chi connectivity index (χ0) is 14.0. The SMILES string of the molecule is CC(C)CCN(C1CC1)S(=O)(=O)c1ccccc1F. The maximum absolute atomic E-state index is 13.7. The summed E-state index contributed by atoms with van der Waals surface area (Å²) in [5.74, 6) is -0.241. The van der Waals surface area contributed by atoms with Crippen molar-refractivity contribution in [3.63, 3.8) is 0 Å². The third-order valence-electron chi connectivity index (χ3n) is 3.30. The summed E-state index contributed by atoms with van der Waals surface area (Å²) in [6.45, 7) is 4.58. The molecule has 106 valence electrons. The van der Waals surface area contributed by atoms with E-state index in [1.165, 1.54) is 22.5 Å². The van der Waals surface area contributed by atoms with Gasteiger partial charge in [0, 0.05) is 12.6 Å². The first-order valence-corrected chi connectivity index (χ1v) is 8.13. The maximum Gasteiger partial charge on any atom is 0.246 e. The molecule has 5 heteroatoms. The Morgan fingerprint density at radius 1 is 1.32 bits per heavy atom. The molecule has 19 heavy (non-hydrogen) atoms. The Morgan fingerprint density at radius 2 is 1.95 bits per heavy atom. The third kappa shape index (κ3) is 3.34. The molecule has 0 N–H and O–H groups in total. The molecule has 0 atom stereocenters. The highest BCUT2D eigenvalue weighted by Gasteiger charge is 2.38. The Balaban J connectivity index is 2.27. The zero-order valence-corrected chi connectivity index (χ0v) is 12.2. The van der Waals surface area contributed by atoms with E-state index in [9.17, 15) is 12.8 Å². The molecule has 1 aromatic carbocycles. The number of hydrogen-bond donors (Lipinski definition) is 0. The van der Waals surface area contributed by atoms with Gasteiger partial charge < -0.3 is 0 Å². The Hall–Kier alpha value is -0.940. The summed E-state index contributed by atoms with van der Waals surface area (Å²) in [6, 6.07) is 5.66. The van der Waals surface area contributed by atoms with Gasteiger partial charge in [0.1, 0.15) is 10.7 Å². The van der Waals surface area contributed by atoms with E-state index < -0.39 is 15.8 Å². The van der Waals surface area contributed by atoms with Gasteiger partial charge in [-0.05, 0) is 37.3 Å². The molecule has 0 aliphatic heterocycles. The molecule has 3 nitrogen and oxygen atoms in total. The van der Waals surface area contributed by atoms with Crippen LogP contribution in [0.2, 0.25) is 0 Å². The highest BCUT2D eigenvalue weighted by atomic mass is 32.2. The molecule has 0 aromatic heterocycles. The summed E-state index contributed by atoms with van der Waals surface area (Å²) in [7, 11) is -3.71. The van der Waals surface area contributed by atoms with Crippen LogP contribution in [0.4, 0.5) is 4.39 Å². The quantitative estimate of drug-likeness (QED) is 0.805. The van der Waals surface area contributed by atoms with Crippen LogP contribution in [0.5, 0.6) is 0 Å². The second kappa shape index (κ2) is 5.59. The monoisotopic (exact) mass is 285 g/mol. The molecule has 0 bridgehead atoms. The van der Waals surface area contributed by atoms with Gasteiger partial charge in [0.15, 0.2) is 0 Å². The van der Waals surface area contributed by atoms with Crippen molar-refractivity contribution in [1.82, 2.24) is 4.31 Å². The van der Waals surface area contributed by atoms with Crippen molar-refractivity contribution in [3.05, 3.63) is 30.1 Å². The Bertz CT molecular complexity index is 538. The number of nitrogens with zero attached hydrogens (tertiary/aromatic N) is 1. The fourth-order valence-electron chi connectivity index (χ4n) is 2.03. The van der Waals surface area contributed by atoms with E-state index in [0.29, 0.717) is 12.5 Å². The van der Waals surface area contributed by atoms with Gasteiger partial charge in [-0.3, -0.25) is 0 Å². The molecule has 1 fully saturated rings. The fraction of sp³-hybridized carbons (Fsp3) is 0.571. The van der Waals surface area contributed by atoms with Gasteiger partial charge in [-0.2, -0.15) is 4.31 Å². The molecule has 0 heterocycles. The lowest BCUT2D eigenvalue weighted by atomic mass is 10.1. The van der Waals surface area contributed by atoms with E-state index in [2.05, 4.69) is 13.8 Å². The van der Waals surface area contributed by atoms with E-state index >= 15 is 0 Å². The summed E-state index contributed by atoms with van der Waals surface area (Å²) in [5, 5.41) is 0. The normalized spacial score (nSPS) is 16.3. The zero-order valence-electron chi connectivity index (χ0n) is 11.3. The average molecular weight is 285 g/mol. The van der Waals surface area contributed by atoms with Crippen molar-refractivity contribution in [2.45, 2.75) is 44.0 Å². The summed E-state index contributed by atoms with van der Waals surface area (Å²) >= 11 is 0. The first-order chi connectivity index (χ1) is 8.93. The van der Waals surface area contributed by atoms with Crippen LogP contribution in [0.15, 0.2) is 29.2 Å². The molecule has 1 aromatic rings. The predicted octanol–water partition coefficient (Wildman–Crippen LogP) is 3.02. The number of halogens is 1. The number of rotatable bonds is 6. The first-order valence-electron chi connectivity index (χ1n) is 6.69. The van der Waals surface area contributed by atoms with Crippen LogP contribution >= 0.6 is 0 Å². The van der Waals surface area contributed by atoms with Gasteiger partial charge in [0.25, 0.3) is 0 Å². The highest BCUT2D eigenvalue weighted by Crippen LogP contribution is 2.33. The molecule has 1 saturated carbocycles. The van der Waals surface area contributed by atoms with E-state index in [1.54, 1.807) is 6.07 Å². The van der Waals surface area contributed by atoms with Crippen molar-refractivity contribution in [1.29, 1.82) is 0 Å². The van der Waals surface area contributed by atoms with Crippen molar-refractivity contribution >= 4 is 10.0 Å². The highest BCUT2D eigenvalue weighted by molar-refractivity contribution is 7.89. The molecule has 1 aliphatic rings. The second-order valence-corrected chi connectivity index (χ2v) is 7.32. The fourth-order valence-corrected chi connectivity index (χ4v) is 3.79. The molecular weight excluding hydrogens is 265 g/mol. The van der Waals surface area contributed by atoms with E-state index in [0.717, 1.165) is 19.3 Å². The molecule has 1 aliphatic carbocycles. The van der Waals surface area contributed by atoms with Gasteiger partial charge in [0.2, 0.25) is 10.0 Å². The second-order valence-electron chi connectivity index (χ2n) is 5.46. The third-order valence-corrected chi connectivity index (χ3v) is 5.29. The Morgan fingerprint density at radius 3 is 2.47 bits per heavy atom. The topological polar surface area (TPSA) is 37.4 Å². The van der Waals surface area contributed by atoms with Gasteiger partial charge in [-0.15, -0.1) is 0 Å². The van der Waals surface area contributed by atoms with Crippen molar-refractivity contribution in [2.24, 2.45) is 5.92 Å². The van der Waals surface area contributed by atoms with Crippen LogP contribution in [0.3, 0.4) is 0 Å². The summed E-state index contributed by atoms with van der Waals surface area (Å²) in [6.07, 6.45) is 2.56. The number of benzene rings is 1. The number of hydrogen-bond acceptors (Lipinski definition) is 2. The number of sulfonamides is 1. The van der Waals surface area contributed by atoms with Crippen molar-refractivity contribution in [2.75, 3.05) is 6.54 Å². The lowest BCUT2D eigenvalue weighted by Crippen LogP contribution is -2.35. The predicted molar refractivity (Wildman–Crippen MR) is 72.8 cm³/mol. The maximum atomic E-state index is 13.7. The van der Waals surface area contributed by atoms with Crippen LogP contribution in [0.25, 0.3) is 0 Å². The van der Waals surface area contributed by atoms with E-state index in [-0.39, 0.29) is 10.9 Å². The smallest absolute Gasteiger partial charge is 0.207 e. The van der Waals surface area contributed by atoms with Crippen LogP contribution in [0.1, 0.15) is 33.1 Å². The van der Waals surface area contributed by atoms with Gasteiger partial charge in [-0.1, -0.05) is 26.0 Å². The van der Waals surface area contributed by atoms with Gasteiger partial charge >= 0.3 is 0 Å². The Labute approximate surface area is 114 Å². The van der Waals surface area contributed by atoms with Crippen molar-refractivity contribution < 1.29 is 12.8 Å².